The van der Waals surface area contributed by atoms with Gasteiger partial charge in [0.05, 0.1) is 11.7 Å². The summed E-state index contributed by atoms with van der Waals surface area (Å²) in [6, 6.07) is 22.5. The van der Waals surface area contributed by atoms with Gasteiger partial charge >= 0.3 is 0 Å². The van der Waals surface area contributed by atoms with E-state index in [1.807, 2.05) is 22.7 Å². The van der Waals surface area contributed by atoms with Gasteiger partial charge in [0.15, 0.2) is 0 Å². The topological polar surface area (TPSA) is 25.8 Å². The van der Waals surface area contributed by atoms with Crippen molar-refractivity contribution in [1.82, 2.24) is 8.75 Å². The van der Waals surface area contributed by atoms with Gasteiger partial charge in [-0.1, -0.05) is 47.5 Å². The molecule has 0 aliphatic heterocycles. The first-order chi connectivity index (χ1) is 17.8. The summed E-state index contributed by atoms with van der Waals surface area (Å²) in [5.74, 6) is 0. The normalized spacial score (nSPS) is 11.5. The van der Waals surface area contributed by atoms with Crippen LogP contribution in [0.3, 0.4) is 0 Å². The Morgan fingerprint density at radius 2 is 0.811 bits per heavy atom. The van der Waals surface area contributed by atoms with Crippen LogP contribution in [0.1, 0.15) is 33.4 Å². The predicted molar refractivity (Wildman–Crippen MR) is 163 cm³/mol. The van der Waals surface area contributed by atoms with Crippen molar-refractivity contribution in [3.63, 3.8) is 0 Å². The molecule has 0 radical (unpaired) electrons. The number of benzene rings is 3. The van der Waals surface area contributed by atoms with Gasteiger partial charge in [0.2, 0.25) is 0 Å². The van der Waals surface area contributed by atoms with Gasteiger partial charge in [0.25, 0.3) is 0 Å². The largest absolute Gasteiger partial charge is 0.172 e. The van der Waals surface area contributed by atoms with Crippen LogP contribution in [0.4, 0.5) is 0 Å². The molecule has 5 heteroatoms. The van der Waals surface area contributed by atoms with Crippen molar-refractivity contribution in [2.75, 3.05) is 0 Å². The van der Waals surface area contributed by atoms with Crippen LogP contribution in [0, 0.1) is 41.5 Å². The molecule has 37 heavy (non-hydrogen) atoms. The Balaban J connectivity index is 1.41. The fourth-order valence-corrected chi connectivity index (χ4v) is 8.62. The fraction of sp³-hybridized carbons (Fsp3) is 0.188. The van der Waals surface area contributed by atoms with Crippen molar-refractivity contribution in [1.29, 1.82) is 0 Å². The molecule has 6 rings (SSSR count). The number of hydrogen-bond acceptors (Lipinski definition) is 5. The van der Waals surface area contributed by atoms with Gasteiger partial charge < -0.3 is 0 Å². The molecule has 0 N–H and O–H groups in total. The van der Waals surface area contributed by atoms with Crippen LogP contribution in [0.5, 0.6) is 0 Å². The van der Waals surface area contributed by atoms with Crippen molar-refractivity contribution in [3.8, 4) is 41.8 Å². The van der Waals surface area contributed by atoms with Crippen LogP contribution in [0.25, 0.3) is 52.8 Å². The molecule has 0 aliphatic carbocycles. The average Bonchev–Trinajstić information content (AvgIpc) is 3.58. The lowest BCUT2D eigenvalue weighted by atomic mass is 9.98. The van der Waals surface area contributed by atoms with Crippen molar-refractivity contribution in [3.05, 3.63) is 94.0 Å². The molecule has 0 fully saturated rings. The number of nitrogens with zero attached hydrogens (tertiary/aromatic N) is 2. The maximum atomic E-state index is 4.75. The van der Waals surface area contributed by atoms with E-state index in [1.54, 1.807) is 0 Å². The van der Waals surface area contributed by atoms with Crippen molar-refractivity contribution >= 4 is 45.4 Å². The van der Waals surface area contributed by atoms with Gasteiger partial charge in [0.1, 0.15) is 11.0 Å². The van der Waals surface area contributed by atoms with Crippen LogP contribution >= 0.6 is 34.4 Å². The van der Waals surface area contributed by atoms with E-state index >= 15 is 0 Å². The second-order valence-electron chi connectivity index (χ2n) is 10.00. The van der Waals surface area contributed by atoms with E-state index in [2.05, 4.69) is 102 Å². The summed E-state index contributed by atoms with van der Waals surface area (Å²) in [6.07, 6.45) is 0. The zero-order valence-corrected chi connectivity index (χ0v) is 24.3. The van der Waals surface area contributed by atoms with Gasteiger partial charge in [-0.3, -0.25) is 0 Å². The number of rotatable bonds is 4. The summed E-state index contributed by atoms with van der Waals surface area (Å²) in [5.41, 5.74) is 14.9. The standard InChI is InChI=1S/C32H28N2S3/c1-17-13-19(3)29(20(4)14-17)27-11-9-25(35-27)23-7-8-24(32-31(23)33-37-34-32)26-10-12-28(36-26)30-21(5)15-18(2)16-22(30)6/h7-16H,1-6H3. The highest BCUT2D eigenvalue weighted by atomic mass is 32.1. The summed E-state index contributed by atoms with van der Waals surface area (Å²) < 4.78 is 9.51. The van der Waals surface area contributed by atoms with Crippen molar-refractivity contribution < 1.29 is 0 Å². The van der Waals surface area contributed by atoms with E-state index in [9.17, 15) is 0 Å². The van der Waals surface area contributed by atoms with Crippen LogP contribution in [-0.2, 0) is 0 Å². The minimum absolute atomic E-state index is 0.992. The quantitative estimate of drug-likeness (QED) is 0.224. The van der Waals surface area contributed by atoms with Crippen LogP contribution in [0.2, 0.25) is 0 Å². The van der Waals surface area contributed by atoms with Crippen LogP contribution < -0.4 is 0 Å². The van der Waals surface area contributed by atoms with Crippen LogP contribution in [0.15, 0.2) is 60.7 Å². The lowest BCUT2D eigenvalue weighted by Crippen LogP contribution is -1.87. The van der Waals surface area contributed by atoms with Gasteiger partial charge in [-0.2, -0.15) is 8.75 Å². The Hall–Kier alpha value is -3.12. The fourth-order valence-electron chi connectivity index (χ4n) is 5.64. The lowest BCUT2D eigenvalue weighted by Gasteiger charge is -2.09. The minimum Gasteiger partial charge on any atom is -0.172 e. The maximum absolute atomic E-state index is 4.75. The molecular weight excluding hydrogens is 509 g/mol. The predicted octanol–water partition coefficient (Wildman–Crippen LogP) is 10.3. The monoisotopic (exact) mass is 536 g/mol. The molecule has 0 saturated carbocycles. The molecule has 0 saturated heterocycles. The number of thiophene rings is 2. The van der Waals surface area contributed by atoms with Crippen LogP contribution in [-0.4, -0.2) is 8.75 Å². The first kappa shape index (κ1) is 24.2. The van der Waals surface area contributed by atoms with Gasteiger partial charge in [-0.25, -0.2) is 0 Å². The summed E-state index contributed by atoms with van der Waals surface area (Å²) in [7, 11) is 0. The van der Waals surface area contributed by atoms with E-state index in [1.165, 1.54) is 75.7 Å². The highest BCUT2D eigenvalue weighted by Gasteiger charge is 2.18. The smallest absolute Gasteiger partial charge is 0.114 e. The Kier molecular flexibility index (Phi) is 6.10. The van der Waals surface area contributed by atoms with E-state index in [4.69, 9.17) is 8.75 Å². The Morgan fingerprint density at radius 1 is 0.459 bits per heavy atom. The first-order valence-electron chi connectivity index (χ1n) is 12.4. The maximum Gasteiger partial charge on any atom is 0.114 e. The second-order valence-corrected chi connectivity index (χ2v) is 12.7. The third-order valence-electron chi connectivity index (χ3n) is 7.01. The number of aromatic nitrogens is 2. The summed E-state index contributed by atoms with van der Waals surface area (Å²) in [5, 5.41) is 0. The highest BCUT2D eigenvalue weighted by Crippen LogP contribution is 2.44. The zero-order valence-electron chi connectivity index (χ0n) is 21.9. The highest BCUT2D eigenvalue weighted by molar-refractivity contribution is 7.19. The average molecular weight is 537 g/mol. The van der Waals surface area contributed by atoms with Gasteiger partial charge in [0, 0.05) is 30.6 Å². The SMILES string of the molecule is Cc1cc(C)c(-c2ccc(-c3ccc(-c4ccc(-c5c(C)cc(C)cc5C)s4)c4nsnc34)s2)c(C)c1. The molecular formula is C32H28N2S3. The van der Waals surface area contributed by atoms with Crippen molar-refractivity contribution in [2.24, 2.45) is 0 Å². The molecule has 3 aromatic heterocycles. The van der Waals surface area contributed by atoms with E-state index < -0.39 is 0 Å². The Morgan fingerprint density at radius 3 is 1.19 bits per heavy atom. The second kappa shape index (κ2) is 9.32. The van der Waals surface area contributed by atoms with E-state index in [0.29, 0.717) is 0 Å². The molecule has 2 nitrogen and oxygen atoms in total. The molecule has 0 aliphatic rings. The minimum atomic E-state index is 0.992. The summed E-state index contributed by atoms with van der Waals surface area (Å²) in [4.78, 5) is 5.07. The molecule has 0 bridgehead atoms. The lowest BCUT2D eigenvalue weighted by molar-refractivity contribution is 1.33. The molecule has 0 unspecified atom stereocenters. The Labute approximate surface area is 230 Å². The number of fused-ring (bicyclic) bond motifs is 1. The molecule has 6 aromatic rings. The third kappa shape index (κ3) is 4.25. The molecule has 0 atom stereocenters. The first-order valence-corrected chi connectivity index (χ1v) is 14.8. The van der Waals surface area contributed by atoms with Gasteiger partial charge in [-0.05, 0) is 99.2 Å². The molecule has 0 amide bonds. The van der Waals surface area contributed by atoms with E-state index in [-0.39, 0.29) is 0 Å². The molecule has 0 spiro atoms. The molecule has 3 heterocycles. The molecule has 184 valence electrons. The number of hydrogen-bond donors (Lipinski definition) is 0. The third-order valence-corrected chi connectivity index (χ3v) is 9.81. The summed E-state index contributed by atoms with van der Waals surface area (Å²) in [6.45, 7) is 13.2. The van der Waals surface area contributed by atoms with Gasteiger partial charge in [-0.15, -0.1) is 22.7 Å². The van der Waals surface area contributed by atoms with Crippen molar-refractivity contribution in [2.45, 2.75) is 41.5 Å². The number of aryl methyl sites for hydroxylation is 6. The van der Waals surface area contributed by atoms with E-state index in [0.717, 1.165) is 22.2 Å². The summed E-state index contributed by atoms with van der Waals surface area (Å²) >= 11 is 4.98. The molecule has 3 aromatic carbocycles. The zero-order chi connectivity index (χ0) is 25.8. The Bertz CT molecular complexity index is 1620.